The van der Waals surface area contributed by atoms with Crippen LogP contribution in [0.25, 0.3) is 22.4 Å². The number of aromatic nitrogens is 4. The van der Waals surface area contributed by atoms with Gasteiger partial charge in [-0.1, -0.05) is 12.5 Å². The highest BCUT2D eigenvalue weighted by molar-refractivity contribution is 5.73. The summed E-state index contributed by atoms with van der Waals surface area (Å²) in [6, 6.07) is 11.3. The molecule has 1 aromatic carbocycles. The lowest BCUT2D eigenvalue weighted by molar-refractivity contribution is 0.219. The highest BCUT2D eigenvalue weighted by Gasteiger charge is 2.33. The molecule has 156 valence electrons. The molecule has 3 aromatic rings. The summed E-state index contributed by atoms with van der Waals surface area (Å²) >= 11 is 0. The molecule has 0 spiro atoms. The summed E-state index contributed by atoms with van der Waals surface area (Å²) in [4.78, 5) is 2.27. The highest BCUT2D eigenvalue weighted by Crippen LogP contribution is 2.33. The lowest BCUT2D eigenvalue weighted by atomic mass is 9.83. The first-order valence-electron chi connectivity index (χ1n) is 10.7. The molecule has 2 N–H and O–H groups in total. The van der Waals surface area contributed by atoms with E-state index in [0.29, 0.717) is 29.4 Å². The first-order valence-corrected chi connectivity index (χ1v) is 10.7. The normalized spacial score (nSPS) is 23.3. The molecule has 2 aromatic heterocycles. The number of hydrogen-bond acceptors (Lipinski definition) is 6. The molecular weight excluding hydrogens is 376 g/mol. The Kier molecular flexibility index (Phi) is 4.90. The van der Waals surface area contributed by atoms with Crippen LogP contribution in [0.5, 0.6) is 5.75 Å². The Morgan fingerprint density at radius 2 is 1.87 bits per heavy atom. The van der Waals surface area contributed by atoms with Gasteiger partial charge in [-0.25, -0.2) is 0 Å². The van der Waals surface area contributed by atoms with E-state index in [1.165, 1.54) is 19.3 Å². The van der Waals surface area contributed by atoms with Crippen LogP contribution in [0.4, 0.5) is 5.82 Å². The summed E-state index contributed by atoms with van der Waals surface area (Å²) in [5, 5.41) is 27.4. The zero-order valence-corrected chi connectivity index (χ0v) is 17.5. The van der Waals surface area contributed by atoms with Gasteiger partial charge in [-0.15, -0.1) is 10.2 Å². The highest BCUT2D eigenvalue weighted by atomic mass is 16.3. The standard InChI is InChI=1S/C23H28N6O/c1-28-14-16(13-24-28)15-6-7-20(22(30)10-15)21-8-9-23(27-26-21)29(2)19-11-17-4-3-5-18(12-19)25-17/h6-10,13-14,17-19,25,30H,3-5,11-12H2,1-2H3/t17-,18+,19+. The minimum absolute atomic E-state index is 0.193. The lowest BCUT2D eigenvalue weighted by Gasteiger charge is -2.43. The number of nitrogens with zero attached hydrogens (tertiary/aromatic N) is 5. The number of anilines is 1. The zero-order valence-electron chi connectivity index (χ0n) is 17.5. The SMILES string of the molecule is CN(c1ccc(-c2ccc(-c3cnn(C)c3)cc2O)nn1)[C@H]1C[C@H]2CCC[C@@H](C1)N2. The Bertz CT molecular complexity index is 1020. The molecule has 0 amide bonds. The molecule has 0 unspecified atom stereocenters. The van der Waals surface area contributed by atoms with Crippen molar-refractivity contribution in [2.75, 3.05) is 11.9 Å². The summed E-state index contributed by atoms with van der Waals surface area (Å²) < 4.78 is 1.75. The second-order valence-electron chi connectivity index (χ2n) is 8.64. The number of aromatic hydroxyl groups is 1. The Morgan fingerprint density at radius 3 is 2.50 bits per heavy atom. The second kappa shape index (κ2) is 7.72. The maximum Gasteiger partial charge on any atom is 0.151 e. The fourth-order valence-electron chi connectivity index (χ4n) is 4.89. The zero-order chi connectivity index (χ0) is 20.7. The third-order valence-electron chi connectivity index (χ3n) is 6.56. The monoisotopic (exact) mass is 404 g/mol. The van der Waals surface area contributed by atoms with E-state index >= 15 is 0 Å². The number of piperidine rings is 2. The van der Waals surface area contributed by atoms with Gasteiger partial charge in [0.2, 0.25) is 0 Å². The number of aryl methyl sites for hydroxylation is 1. The minimum atomic E-state index is 0.193. The molecule has 7 nitrogen and oxygen atoms in total. The molecule has 3 atom stereocenters. The van der Waals surface area contributed by atoms with Gasteiger partial charge in [0.05, 0.1) is 11.9 Å². The molecule has 2 aliphatic heterocycles. The molecule has 2 bridgehead atoms. The van der Waals surface area contributed by atoms with Crippen molar-refractivity contribution in [2.24, 2.45) is 7.05 Å². The second-order valence-corrected chi connectivity index (χ2v) is 8.64. The molecule has 0 aliphatic carbocycles. The van der Waals surface area contributed by atoms with E-state index in [4.69, 9.17) is 0 Å². The van der Waals surface area contributed by atoms with Crippen molar-refractivity contribution in [3.63, 3.8) is 0 Å². The van der Waals surface area contributed by atoms with Crippen LogP contribution < -0.4 is 10.2 Å². The van der Waals surface area contributed by atoms with Gasteiger partial charge in [0, 0.05) is 49.5 Å². The number of benzene rings is 1. The van der Waals surface area contributed by atoms with Crippen molar-refractivity contribution in [2.45, 2.75) is 50.2 Å². The summed E-state index contributed by atoms with van der Waals surface area (Å²) in [6.45, 7) is 0. The lowest BCUT2D eigenvalue weighted by Crippen LogP contribution is -2.54. The average molecular weight is 405 g/mol. The fraction of sp³-hybridized carbons (Fsp3) is 0.435. The van der Waals surface area contributed by atoms with Gasteiger partial charge in [0.1, 0.15) is 5.75 Å². The van der Waals surface area contributed by atoms with Gasteiger partial charge in [-0.2, -0.15) is 5.10 Å². The van der Waals surface area contributed by atoms with Crippen molar-refractivity contribution in [1.82, 2.24) is 25.3 Å². The van der Waals surface area contributed by atoms with E-state index in [9.17, 15) is 5.11 Å². The van der Waals surface area contributed by atoms with Gasteiger partial charge in [0.15, 0.2) is 5.82 Å². The van der Waals surface area contributed by atoms with Gasteiger partial charge >= 0.3 is 0 Å². The Balaban J connectivity index is 1.33. The summed E-state index contributed by atoms with van der Waals surface area (Å²) in [5.74, 6) is 1.08. The maximum absolute atomic E-state index is 10.6. The van der Waals surface area contributed by atoms with E-state index in [-0.39, 0.29) is 5.75 Å². The molecule has 2 saturated heterocycles. The molecule has 0 radical (unpaired) electrons. The molecule has 0 saturated carbocycles. The van der Waals surface area contributed by atoms with Crippen LogP contribution in [0.15, 0.2) is 42.7 Å². The number of fused-ring (bicyclic) bond motifs is 2. The van der Waals surface area contributed by atoms with Crippen molar-refractivity contribution >= 4 is 5.82 Å². The first-order chi connectivity index (χ1) is 14.6. The van der Waals surface area contributed by atoms with Gasteiger partial charge < -0.3 is 15.3 Å². The van der Waals surface area contributed by atoms with Crippen LogP contribution in [0.3, 0.4) is 0 Å². The summed E-state index contributed by atoms with van der Waals surface area (Å²) in [7, 11) is 4.00. The van der Waals surface area contributed by atoms with Gasteiger partial charge in [0.25, 0.3) is 0 Å². The Morgan fingerprint density at radius 1 is 1.07 bits per heavy atom. The quantitative estimate of drug-likeness (QED) is 0.694. The van der Waals surface area contributed by atoms with E-state index in [1.807, 2.05) is 37.5 Å². The van der Waals surface area contributed by atoms with E-state index in [2.05, 4.69) is 32.6 Å². The van der Waals surface area contributed by atoms with Crippen LogP contribution >= 0.6 is 0 Å². The molecular formula is C23H28N6O. The average Bonchev–Trinajstić information content (AvgIpc) is 3.19. The minimum Gasteiger partial charge on any atom is -0.507 e. The number of phenols is 1. The van der Waals surface area contributed by atoms with E-state index in [1.54, 1.807) is 16.9 Å². The van der Waals surface area contributed by atoms with Crippen molar-refractivity contribution in [3.05, 3.63) is 42.7 Å². The number of hydrogen-bond donors (Lipinski definition) is 2. The van der Waals surface area contributed by atoms with Crippen LogP contribution in [0.1, 0.15) is 32.1 Å². The molecule has 7 heteroatoms. The van der Waals surface area contributed by atoms with Gasteiger partial charge in [-0.3, -0.25) is 4.68 Å². The predicted octanol–water partition coefficient (Wildman–Crippen LogP) is 3.36. The van der Waals surface area contributed by atoms with Crippen molar-refractivity contribution in [1.29, 1.82) is 0 Å². The van der Waals surface area contributed by atoms with Crippen molar-refractivity contribution < 1.29 is 5.11 Å². The topological polar surface area (TPSA) is 79.1 Å². The fourth-order valence-corrected chi connectivity index (χ4v) is 4.89. The third kappa shape index (κ3) is 3.65. The molecule has 30 heavy (non-hydrogen) atoms. The van der Waals surface area contributed by atoms with E-state index < -0.39 is 0 Å². The smallest absolute Gasteiger partial charge is 0.151 e. The molecule has 5 rings (SSSR count). The Labute approximate surface area is 176 Å². The van der Waals surface area contributed by atoms with Crippen LogP contribution in [0, 0.1) is 0 Å². The number of nitrogens with one attached hydrogen (secondary N) is 1. The van der Waals surface area contributed by atoms with Gasteiger partial charge in [-0.05, 0) is 55.5 Å². The Hall–Kier alpha value is -2.93. The largest absolute Gasteiger partial charge is 0.507 e. The van der Waals surface area contributed by atoms with Crippen LogP contribution in [-0.4, -0.2) is 50.3 Å². The van der Waals surface area contributed by atoms with Crippen LogP contribution in [0.2, 0.25) is 0 Å². The first kappa shape index (κ1) is 19.1. The van der Waals surface area contributed by atoms with Crippen molar-refractivity contribution in [3.8, 4) is 28.1 Å². The summed E-state index contributed by atoms with van der Waals surface area (Å²) in [5.41, 5.74) is 3.24. The predicted molar refractivity (Wildman–Crippen MR) is 117 cm³/mol. The maximum atomic E-state index is 10.6. The molecule has 2 fully saturated rings. The van der Waals surface area contributed by atoms with E-state index in [0.717, 1.165) is 29.8 Å². The third-order valence-corrected chi connectivity index (χ3v) is 6.56. The van der Waals surface area contributed by atoms with Crippen LogP contribution in [-0.2, 0) is 7.05 Å². The number of rotatable bonds is 4. The number of phenolic OH excluding ortho intramolecular Hbond substituents is 1. The molecule has 4 heterocycles. The molecule has 2 aliphatic rings. The summed E-state index contributed by atoms with van der Waals surface area (Å²) in [6.07, 6.45) is 9.93.